The topological polar surface area (TPSA) is 77.9 Å². The van der Waals surface area contributed by atoms with Crippen LogP contribution in [-0.2, 0) is 19.8 Å². The Labute approximate surface area is 143 Å². The van der Waals surface area contributed by atoms with Gasteiger partial charge in [0.2, 0.25) is 11.8 Å². The normalized spacial score (nSPS) is 11.0. The van der Waals surface area contributed by atoms with Crippen molar-refractivity contribution in [2.45, 2.75) is 32.1 Å². The van der Waals surface area contributed by atoms with E-state index in [-0.39, 0.29) is 24.7 Å². The van der Waals surface area contributed by atoms with Gasteiger partial charge >= 0.3 is 5.97 Å². The van der Waals surface area contributed by atoms with Gasteiger partial charge in [-0.25, -0.2) is 0 Å². The van der Waals surface area contributed by atoms with E-state index in [4.69, 9.17) is 5.11 Å². The van der Waals surface area contributed by atoms with E-state index in [9.17, 15) is 14.4 Å². The third-order valence-electron chi connectivity index (χ3n) is 4.35. The number of rotatable bonds is 8. The molecule has 0 saturated heterocycles. The second-order valence-electron chi connectivity index (χ2n) is 5.80. The van der Waals surface area contributed by atoms with E-state index in [2.05, 4.69) is 0 Å². The molecule has 0 atom stereocenters. The van der Waals surface area contributed by atoms with Crippen molar-refractivity contribution in [3.8, 4) is 0 Å². The first-order valence-corrected chi connectivity index (χ1v) is 8.09. The molecule has 0 aromatic heterocycles. The largest absolute Gasteiger partial charge is 0.481 e. The Bertz CT molecular complexity index is 564. The van der Waals surface area contributed by atoms with E-state index in [1.807, 2.05) is 13.8 Å². The zero-order valence-electron chi connectivity index (χ0n) is 14.8. The minimum Gasteiger partial charge on any atom is -0.481 e. The Morgan fingerprint density at radius 3 is 1.79 bits per heavy atom. The molecule has 0 unspecified atom stereocenters. The summed E-state index contributed by atoms with van der Waals surface area (Å²) >= 11 is 0. The lowest BCUT2D eigenvalue weighted by molar-refractivity contribution is -0.149. The fourth-order valence-electron chi connectivity index (χ4n) is 2.65. The van der Waals surface area contributed by atoms with Gasteiger partial charge in [0.25, 0.3) is 0 Å². The van der Waals surface area contributed by atoms with Crippen LogP contribution in [0.5, 0.6) is 0 Å². The number of carbonyl (C=O) groups excluding carboxylic acids is 2. The Kier molecular flexibility index (Phi) is 6.95. The molecule has 0 saturated carbocycles. The van der Waals surface area contributed by atoms with Crippen LogP contribution in [0.2, 0.25) is 0 Å². The zero-order chi connectivity index (χ0) is 18.3. The summed E-state index contributed by atoms with van der Waals surface area (Å²) < 4.78 is 0. The van der Waals surface area contributed by atoms with Crippen LogP contribution >= 0.6 is 0 Å². The van der Waals surface area contributed by atoms with Gasteiger partial charge in [-0.1, -0.05) is 30.3 Å². The fraction of sp³-hybridized carbons (Fsp3) is 0.500. The van der Waals surface area contributed by atoms with E-state index in [1.54, 1.807) is 44.4 Å². The van der Waals surface area contributed by atoms with Crippen LogP contribution in [0, 0.1) is 0 Å². The summed E-state index contributed by atoms with van der Waals surface area (Å²) in [4.78, 5) is 40.4. The molecule has 0 radical (unpaired) electrons. The van der Waals surface area contributed by atoms with Gasteiger partial charge in [0.05, 0.1) is 0 Å². The quantitative estimate of drug-likeness (QED) is 0.735. The number of carboxylic acids is 1. The van der Waals surface area contributed by atoms with Gasteiger partial charge in [0, 0.05) is 33.6 Å². The van der Waals surface area contributed by atoms with E-state index >= 15 is 0 Å². The summed E-state index contributed by atoms with van der Waals surface area (Å²) in [6.45, 7) is 4.50. The zero-order valence-corrected chi connectivity index (χ0v) is 14.8. The highest BCUT2D eigenvalue weighted by atomic mass is 16.4. The molecule has 1 N–H and O–H groups in total. The minimum absolute atomic E-state index is 0.0707. The third-order valence-corrected chi connectivity index (χ3v) is 4.35. The summed E-state index contributed by atoms with van der Waals surface area (Å²) in [5, 5.41) is 9.13. The molecule has 6 heteroatoms. The monoisotopic (exact) mass is 334 g/mol. The predicted molar refractivity (Wildman–Crippen MR) is 91.6 cm³/mol. The van der Waals surface area contributed by atoms with Gasteiger partial charge in [-0.2, -0.15) is 0 Å². The second kappa shape index (κ2) is 8.47. The van der Waals surface area contributed by atoms with Crippen LogP contribution in [0.25, 0.3) is 0 Å². The van der Waals surface area contributed by atoms with Crippen molar-refractivity contribution in [3.05, 3.63) is 35.9 Å². The van der Waals surface area contributed by atoms with Crippen molar-refractivity contribution in [1.29, 1.82) is 0 Å². The number of benzene rings is 1. The average Bonchev–Trinajstić information content (AvgIpc) is 2.60. The lowest BCUT2D eigenvalue weighted by atomic mass is 9.74. The second-order valence-corrected chi connectivity index (χ2v) is 5.80. The SMILES string of the molecule is CCN(C)C(=O)C(CCC(=O)O)(C(=O)N(C)CC)c1ccccc1. The van der Waals surface area contributed by atoms with Crippen LogP contribution in [0.4, 0.5) is 0 Å². The number of carboxylic acid groups (broad SMARTS) is 1. The van der Waals surface area contributed by atoms with E-state index in [0.717, 1.165) is 0 Å². The Balaban J connectivity index is 3.55. The molecule has 2 amide bonds. The summed E-state index contributed by atoms with van der Waals surface area (Å²) in [5.74, 6) is -1.78. The molecule has 0 heterocycles. The number of nitrogens with zero attached hydrogens (tertiary/aromatic N) is 2. The standard InChI is InChI=1S/C18H26N2O4/c1-5-19(3)16(23)18(13-12-15(21)22,17(24)20(4)6-2)14-10-8-7-9-11-14/h7-11H,5-6,12-13H2,1-4H3,(H,21,22). The van der Waals surface area contributed by atoms with Crippen molar-refractivity contribution in [3.63, 3.8) is 0 Å². The van der Waals surface area contributed by atoms with Crippen LogP contribution in [0.15, 0.2) is 30.3 Å². The van der Waals surface area contributed by atoms with E-state index < -0.39 is 11.4 Å². The summed E-state index contributed by atoms with van der Waals surface area (Å²) in [5.41, 5.74) is -0.989. The first-order valence-electron chi connectivity index (χ1n) is 8.09. The smallest absolute Gasteiger partial charge is 0.303 e. The van der Waals surface area contributed by atoms with Crippen molar-refractivity contribution >= 4 is 17.8 Å². The molecule has 1 aromatic carbocycles. The van der Waals surface area contributed by atoms with Gasteiger partial charge in [0.15, 0.2) is 5.41 Å². The third kappa shape index (κ3) is 3.93. The molecule has 132 valence electrons. The van der Waals surface area contributed by atoms with Crippen molar-refractivity contribution in [1.82, 2.24) is 9.80 Å². The molecule has 6 nitrogen and oxygen atoms in total. The molecule has 0 aliphatic rings. The molecule has 0 spiro atoms. The molecule has 1 aromatic rings. The van der Waals surface area contributed by atoms with Crippen LogP contribution in [-0.4, -0.2) is 59.9 Å². The van der Waals surface area contributed by atoms with Crippen LogP contribution in [0.1, 0.15) is 32.3 Å². The fourth-order valence-corrected chi connectivity index (χ4v) is 2.65. The van der Waals surface area contributed by atoms with Crippen LogP contribution < -0.4 is 0 Å². The molecule has 0 bridgehead atoms. The average molecular weight is 334 g/mol. The highest BCUT2D eigenvalue weighted by Crippen LogP contribution is 2.34. The van der Waals surface area contributed by atoms with Gasteiger partial charge < -0.3 is 14.9 Å². The summed E-state index contributed by atoms with van der Waals surface area (Å²) in [6, 6.07) is 8.73. The van der Waals surface area contributed by atoms with Gasteiger partial charge in [0.1, 0.15) is 0 Å². The Morgan fingerprint density at radius 2 is 1.42 bits per heavy atom. The first kappa shape index (κ1) is 19.7. The van der Waals surface area contributed by atoms with Gasteiger partial charge in [-0.3, -0.25) is 14.4 Å². The number of amides is 2. The first-order chi connectivity index (χ1) is 11.3. The van der Waals surface area contributed by atoms with Crippen LogP contribution in [0.3, 0.4) is 0 Å². The van der Waals surface area contributed by atoms with Crippen molar-refractivity contribution in [2.75, 3.05) is 27.2 Å². The van der Waals surface area contributed by atoms with Gasteiger partial charge in [-0.15, -0.1) is 0 Å². The molecular formula is C18H26N2O4. The lowest BCUT2D eigenvalue weighted by Gasteiger charge is -2.37. The van der Waals surface area contributed by atoms with Crippen molar-refractivity contribution < 1.29 is 19.5 Å². The van der Waals surface area contributed by atoms with E-state index in [0.29, 0.717) is 18.7 Å². The highest BCUT2D eigenvalue weighted by Gasteiger charge is 2.49. The number of carbonyl (C=O) groups is 3. The number of likely N-dealkylation sites (N-methyl/N-ethyl adjacent to an activating group) is 2. The number of aliphatic carboxylic acids is 1. The molecule has 0 aliphatic carbocycles. The highest BCUT2D eigenvalue weighted by molar-refractivity contribution is 6.11. The number of hydrogen-bond acceptors (Lipinski definition) is 3. The molecular weight excluding hydrogens is 308 g/mol. The van der Waals surface area contributed by atoms with E-state index in [1.165, 1.54) is 9.80 Å². The maximum Gasteiger partial charge on any atom is 0.303 e. The maximum atomic E-state index is 13.2. The number of hydrogen-bond donors (Lipinski definition) is 1. The lowest BCUT2D eigenvalue weighted by Crippen LogP contribution is -2.55. The summed E-state index contributed by atoms with van der Waals surface area (Å²) in [6.07, 6.45) is -0.333. The predicted octanol–water partition coefficient (Wildman–Crippen LogP) is 1.75. The molecule has 0 aliphatic heterocycles. The van der Waals surface area contributed by atoms with Gasteiger partial charge in [-0.05, 0) is 25.8 Å². The maximum absolute atomic E-state index is 13.2. The molecule has 24 heavy (non-hydrogen) atoms. The Morgan fingerprint density at radius 1 is 0.958 bits per heavy atom. The van der Waals surface area contributed by atoms with Crippen molar-refractivity contribution in [2.24, 2.45) is 0 Å². The minimum atomic E-state index is -1.52. The summed E-state index contributed by atoms with van der Waals surface area (Å²) in [7, 11) is 3.25. The molecule has 0 fully saturated rings. The Hall–Kier alpha value is -2.37. The molecule has 1 rings (SSSR count).